The average molecular weight is 606 g/mol. The maximum atomic E-state index is 14.0. The molecule has 2 aromatic heterocycles. The number of halogens is 1. The Morgan fingerprint density at radius 1 is 0.886 bits per heavy atom. The summed E-state index contributed by atoms with van der Waals surface area (Å²) < 4.78 is 5.67. The predicted octanol–water partition coefficient (Wildman–Crippen LogP) is 7.15. The molecule has 1 atom stereocenters. The molecule has 1 aliphatic heterocycles. The number of alkyl halides is 1. The highest BCUT2D eigenvalue weighted by Gasteiger charge is 2.36. The third-order valence-electron chi connectivity index (χ3n) is 7.97. The lowest BCUT2D eigenvalue weighted by atomic mass is 9.95. The number of carbonyl (C=O) groups excluding carboxylic acids is 3. The molecule has 6 aromatic rings. The van der Waals surface area contributed by atoms with Gasteiger partial charge in [-0.05, 0) is 54.3 Å². The van der Waals surface area contributed by atoms with Gasteiger partial charge in [0.25, 0.3) is 11.8 Å². The van der Waals surface area contributed by atoms with Gasteiger partial charge in [-0.1, -0.05) is 42.5 Å². The molecule has 4 aromatic carbocycles. The van der Waals surface area contributed by atoms with Crippen molar-refractivity contribution >= 4 is 73.5 Å². The second-order valence-corrected chi connectivity index (χ2v) is 11.1. The van der Waals surface area contributed by atoms with Gasteiger partial charge in [-0.2, -0.15) is 0 Å². The SMILES string of the molecule is CCNC(=O)Oc1cc2c(c3ccccc13)C(CCl)CN2C(=O)c1cc2cc(NC(=O)c3cc4ccccc4[nH]3)ccc2[nH]1. The summed E-state index contributed by atoms with van der Waals surface area (Å²) >= 11 is 6.43. The number of carbonyl (C=O) groups is 3. The Balaban J connectivity index is 1.19. The number of amides is 3. The molecule has 1 unspecified atom stereocenters. The summed E-state index contributed by atoms with van der Waals surface area (Å²) in [5.41, 5.74) is 4.70. The molecule has 0 spiro atoms. The van der Waals surface area contributed by atoms with Gasteiger partial charge in [0.15, 0.2) is 0 Å². The van der Waals surface area contributed by atoms with E-state index in [0.29, 0.717) is 47.5 Å². The fourth-order valence-electron chi connectivity index (χ4n) is 5.96. The van der Waals surface area contributed by atoms with E-state index in [1.165, 1.54) is 0 Å². The Hall–Kier alpha value is -5.28. The Labute approximate surface area is 257 Å². The van der Waals surface area contributed by atoms with E-state index in [-0.39, 0.29) is 17.7 Å². The second kappa shape index (κ2) is 11.1. The number of anilines is 2. The molecule has 3 heterocycles. The van der Waals surface area contributed by atoms with Gasteiger partial charge in [-0.25, -0.2) is 4.79 Å². The average Bonchev–Trinajstić information content (AvgIpc) is 3.76. The number of nitrogens with zero attached hydrogens (tertiary/aromatic N) is 1. The zero-order valence-electron chi connectivity index (χ0n) is 23.7. The van der Waals surface area contributed by atoms with Crippen LogP contribution in [0.3, 0.4) is 0 Å². The third kappa shape index (κ3) is 4.81. The minimum atomic E-state index is -0.564. The van der Waals surface area contributed by atoms with Gasteiger partial charge in [-0.3, -0.25) is 9.59 Å². The number of rotatable bonds is 6. The normalized spacial score (nSPS) is 14.2. The molecule has 0 aliphatic carbocycles. The maximum absolute atomic E-state index is 14.0. The van der Waals surface area contributed by atoms with Crippen molar-refractivity contribution in [2.24, 2.45) is 0 Å². The van der Waals surface area contributed by atoms with Crippen molar-refractivity contribution in [3.05, 3.63) is 102 Å². The molecule has 3 amide bonds. The number of fused-ring (bicyclic) bond motifs is 5. The summed E-state index contributed by atoms with van der Waals surface area (Å²) in [6, 6.07) is 26.1. The highest BCUT2D eigenvalue weighted by Crippen LogP contribution is 2.46. The molecule has 4 N–H and O–H groups in total. The van der Waals surface area contributed by atoms with Crippen LogP contribution in [0, 0.1) is 0 Å². The summed E-state index contributed by atoms with van der Waals surface area (Å²) in [5, 5.41) is 8.98. The standard InChI is InChI=1S/C34H28ClN5O4/c1-2-36-34(43)44-30-16-29-31(24-9-5-4-8-23(24)30)21(17-35)18-40(29)33(42)28-15-20-13-22(11-12-26(20)39-28)37-32(41)27-14-19-7-3-6-10-25(19)38-27/h3-16,21,38-39H,2,17-18H2,1H3,(H,36,43)(H,37,41). The van der Waals surface area contributed by atoms with Crippen molar-refractivity contribution in [1.29, 1.82) is 0 Å². The minimum absolute atomic E-state index is 0.102. The summed E-state index contributed by atoms with van der Waals surface area (Å²) in [5.74, 6) is 0.0906. The fourth-order valence-corrected chi connectivity index (χ4v) is 6.21. The van der Waals surface area contributed by atoms with Crippen LogP contribution in [0.4, 0.5) is 16.2 Å². The van der Waals surface area contributed by atoms with Gasteiger partial charge in [0.2, 0.25) is 0 Å². The number of aromatic nitrogens is 2. The third-order valence-corrected chi connectivity index (χ3v) is 8.34. The molecule has 0 fully saturated rings. The van der Waals surface area contributed by atoms with Crippen molar-refractivity contribution in [2.45, 2.75) is 12.8 Å². The van der Waals surface area contributed by atoms with E-state index >= 15 is 0 Å². The lowest BCUT2D eigenvalue weighted by Crippen LogP contribution is -2.30. The number of hydrogen-bond donors (Lipinski definition) is 4. The minimum Gasteiger partial charge on any atom is -0.410 e. The van der Waals surface area contributed by atoms with Gasteiger partial charge in [-0.15, -0.1) is 11.6 Å². The second-order valence-electron chi connectivity index (χ2n) is 10.7. The summed E-state index contributed by atoms with van der Waals surface area (Å²) in [4.78, 5) is 47.4. The molecule has 0 radical (unpaired) electrons. The summed E-state index contributed by atoms with van der Waals surface area (Å²) in [6.45, 7) is 2.62. The predicted molar refractivity (Wildman–Crippen MR) is 173 cm³/mol. The largest absolute Gasteiger partial charge is 0.412 e. The first kappa shape index (κ1) is 27.5. The van der Waals surface area contributed by atoms with Crippen LogP contribution in [0.1, 0.15) is 39.4 Å². The van der Waals surface area contributed by atoms with E-state index in [1.807, 2.05) is 73.7 Å². The number of para-hydroxylation sites is 1. The van der Waals surface area contributed by atoms with Crippen molar-refractivity contribution in [3.63, 3.8) is 0 Å². The molecule has 0 bridgehead atoms. The Bertz CT molecular complexity index is 2070. The van der Waals surface area contributed by atoms with E-state index < -0.39 is 6.09 Å². The summed E-state index contributed by atoms with van der Waals surface area (Å²) in [7, 11) is 0. The van der Waals surface area contributed by atoms with E-state index in [2.05, 4.69) is 20.6 Å². The van der Waals surface area contributed by atoms with Crippen LogP contribution in [0.25, 0.3) is 32.6 Å². The van der Waals surface area contributed by atoms with Gasteiger partial charge in [0, 0.05) is 63.8 Å². The molecule has 7 rings (SSSR count). The van der Waals surface area contributed by atoms with Crippen molar-refractivity contribution in [2.75, 3.05) is 29.2 Å². The van der Waals surface area contributed by atoms with Crippen LogP contribution in [0.15, 0.2) is 84.9 Å². The van der Waals surface area contributed by atoms with Gasteiger partial charge >= 0.3 is 6.09 Å². The van der Waals surface area contributed by atoms with Crippen LogP contribution >= 0.6 is 11.6 Å². The molecule has 0 saturated heterocycles. The number of hydrogen-bond acceptors (Lipinski definition) is 4. The topological polar surface area (TPSA) is 119 Å². The van der Waals surface area contributed by atoms with Crippen LogP contribution in [0.5, 0.6) is 5.75 Å². The smallest absolute Gasteiger partial charge is 0.410 e. The zero-order chi connectivity index (χ0) is 30.4. The highest BCUT2D eigenvalue weighted by atomic mass is 35.5. The molecule has 10 heteroatoms. The van der Waals surface area contributed by atoms with Crippen LogP contribution in [0.2, 0.25) is 0 Å². The van der Waals surface area contributed by atoms with Crippen LogP contribution in [-0.2, 0) is 0 Å². The molecule has 44 heavy (non-hydrogen) atoms. The first-order chi connectivity index (χ1) is 21.4. The molecular formula is C34H28ClN5O4. The molecule has 0 saturated carbocycles. The monoisotopic (exact) mass is 605 g/mol. The number of nitrogens with one attached hydrogen (secondary N) is 4. The van der Waals surface area contributed by atoms with E-state index in [9.17, 15) is 14.4 Å². The Morgan fingerprint density at radius 3 is 2.41 bits per heavy atom. The first-order valence-electron chi connectivity index (χ1n) is 14.3. The lowest BCUT2D eigenvalue weighted by Gasteiger charge is -2.18. The van der Waals surface area contributed by atoms with Gasteiger partial charge in [0.1, 0.15) is 17.1 Å². The van der Waals surface area contributed by atoms with Gasteiger partial charge in [0.05, 0.1) is 5.69 Å². The number of aromatic amines is 2. The Morgan fingerprint density at radius 2 is 1.61 bits per heavy atom. The molecular weight excluding hydrogens is 578 g/mol. The number of benzene rings is 4. The molecule has 9 nitrogen and oxygen atoms in total. The lowest BCUT2D eigenvalue weighted by molar-refractivity contribution is 0.0982. The van der Waals surface area contributed by atoms with Crippen molar-refractivity contribution in [1.82, 2.24) is 15.3 Å². The molecule has 220 valence electrons. The van der Waals surface area contributed by atoms with Crippen molar-refractivity contribution < 1.29 is 19.1 Å². The van der Waals surface area contributed by atoms with E-state index in [0.717, 1.165) is 38.1 Å². The van der Waals surface area contributed by atoms with E-state index in [1.54, 1.807) is 23.1 Å². The van der Waals surface area contributed by atoms with E-state index in [4.69, 9.17) is 16.3 Å². The molecule has 1 aliphatic rings. The first-order valence-corrected chi connectivity index (χ1v) is 14.9. The van der Waals surface area contributed by atoms with Crippen molar-refractivity contribution in [3.8, 4) is 5.75 Å². The Kier molecular flexibility index (Phi) is 6.94. The van der Waals surface area contributed by atoms with Crippen LogP contribution < -0.4 is 20.3 Å². The fraction of sp³-hybridized carbons (Fsp3) is 0.147. The van der Waals surface area contributed by atoms with Gasteiger partial charge < -0.3 is 30.2 Å². The number of ether oxygens (including phenoxy) is 1. The zero-order valence-corrected chi connectivity index (χ0v) is 24.5. The highest BCUT2D eigenvalue weighted by molar-refractivity contribution is 6.19. The quantitative estimate of drug-likeness (QED) is 0.151. The maximum Gasteiger partial charge on any atom is 0.412 e. The number of H-pyrrole nitrogens is 2. The summed E-state index contributed by atoms with van der Waals surface area (Å²) in [6.07, 6.45) is -0.564. The van der Waals surface area contributed by atoms with Crippen LogP contribution in [-0.4, -0.2) is 46.8 Å².